The Hall–Kier alpha value is -2.93. The van der Waals surface area contributed by atoms with Gasteiger partial charge in [-0.05, 0) is 61.6 Å². The molecule has 0 aliphatic heterocycles. The van der Waals surface area contributed by atoms with Gasteiger partial charge in [-0.1, -0.05) is 47.9 Å². The van der Waals surface area contributed by atoms with Crippen LogP contribution in [0.3, 0.4) is 0 Å². The number of nitrogens with zero attached hydrogens (tertiary/aromatic N) is 2. The molecule has 1 aromatic carbocycles. The SMILES string of the molecule is Cc1ccc(CC(=O)C[C@H](CCC(=O)O)c2noc(-c3cc(CCC(C)C)on3)c2C2CC2)c(Cl)c1. The quantitative estimate of drug-likeness (QED) is 0.265. The second-order valence-corrected chi connectivity index (χ2v) is 10.7. The molecule has 2 aromatic heterocycles. The lowest BCUT2D eigenvalue weighted by Crippen LogP contribution is -2.13. The molecule has 0 radical (unpaired) electrons. The summed E-state index contributed by atoms with van der Waals surface area (Å²) in [6.45, 7) is 6.27. The van der Waals surface area contributed by atoms with Crippen LogP contribution in [0.2, 0.25) is 5.02 Å². The van der Waals surface area contributed by atoms with Crippen LogP contribution in [-0.2, 0) is 22.4 Å². The highest BCUT2D eigenvalue weighted by atomic mass is 35.5. The molecule has 0 unspecified atom stereocenters. The molecule has 1 saturated carbocycles. The van der Waals surface area contributed by atoms with E-state index in [9.17, 15) is 14.7 Å². The summed E-state index contributed by atoms with van der Waals surface area (Å²) in [6.07, 6.45) is 4.38. The molecule has 2 heterocycles. The van der Waals surface area contributed by atoms with Crippen molar-refractivity contribution in [1.82, 2.24) is 10.3 Å². The van der Waals surface area contributed by atoms with Crippen molar-refractivity contribution in [2.24, 2.45) is 5.92 Å². The minimum absolute atomic E-state index is 0.0140. The van der Waals surface area contributed by atoms with Crippen LogP contribution in [0.15, 0.2) is 33.3 Å². The van der Waals surface area contributed by atoms with E-state index in [4.69, 9.17) is 20.6 Å². The van der Waals surface area contributed by atoms with Gasteiger partial charge in [-0.15, -0.1) is 0 Å². The molecule has 192 valence electrons. The number of aromatic nitrogens is 2. The number of carbonyl (C=O) groups excluding carboxylic acids is 1. The number of aryl methyl sites for hydroxylation is 2. The topological polar surface area (TPSA) is 106 Å². The molecule has 1 atom stereocenters. The van der Waals surface area contributed by atoms with Gasteiger partial charge in [0.2, 0.25) is 0 Å². The highest BCUT2D eigenvalue weighted by Crippen LogP contribution is 2.48. The van der Waals surface area contributed by atoms with E-state index in [1.54, 1.807) is 0 Å². The third kappa shape index (κ3) is 6.64. The third-order valence-corrected chi connectivity index (χ3v) is 7.02. The maximum absolute atomic E-state index is 13.1. The summed E-state index contributed by atoms with van der Waals surface area (Å²) < 4.78 is 11.3. The first-order chi connectivity index (χ1) is 17.2. The van der Waals surface area contributed by atoms with Gasteiger partial charge in [0.15, 0.2) is 11.5 Å². The van der Waals surface area contributed by atoms with Crippen LogP contribution in [0.4, 0.5) is 0 Å². The molecule has 0 amide bonds. The largest absolute Gasteiger partial charge is 0.481 e. The molecule has 0 spiro atoms. The van der Waals surface area contributed by atoms with Crippen LogP contribution in [-0.4, -0.2) is 27.2 Å². The number of hydrogen-bond donors (Lipinski definition) is 1. The average Bonchev–Trinajstić information content (AvgIpc) is 3.37. The van der Waals surface area contributed by atoms with Gasteiger partial charge in [-0.3, -0.25) is 9.59 Å². The molecular weight excluding hydrogens is 480 g/mol. The number of ketones is 1. The van der Waals surface area contributed by atoms with Gasteiger partial charge in [0, 0.05) is 48.3 Å². The van der Waals surface area contributed by atoms with Gasteiger partial charge >= 0.3 is 5.97 Å². The van der Waals surface area contributed by atoms with Crippen molar-refractivity contribution in [3.8, 4) is 11.5 Å². The van der Waals surface area contributed by atoms with E-state index in [2.05, 4.69) is 24.2 Å². The van der Waals surface area contributed by atoms with Gasteiger partial charge in [0.05, 0.1) is 5.69 Å². The molecule has 0 saturated heterocycles. The number of Topliss-reactive ketones (excluding diaryl/α,β-unsaturated/α-hetero) is 1. The number of carbonyl (C=O) groups is 2. The van der Waals surface area contributed by atoms with E-state index in [1.165, 1.54) is 0 Å². The Bertz CT molecular complexity index is 1220. The number of aliphatic carboxylic acids is 1. The Morgan fingerprint density at radius 3 is 2.58 bits per heavy atom. The van der Waals surface area contributed by atoms with Crippen molar-refractivity contribution in [3.05, 3.63) is 57.4 Å². The van der Waals surface area contributed by atoms with E-state index in [-0.39, 0.29) is 36.9 Å². The number of carboxylic acid groups (broad SMARTS) is 1. The molecule has 8 heteroatoms. The summed E-state index contributed by atoms with van der Waals surface area (Å²) in [5, 5.41) is 18.5. The molecule has 1 N–H and O–H groups in total. The zero-order valence-electron chi connectivity index (χ0n) is 21.1. The Morgan fingerprint density at radius 1 is 1.14 bits per heavy atom. The van der Waals surface area contributed by atoms with Gasteiger partial charge in [0.1, 0.15) is 11.5 Å². The van der Waals surface area contributed by atoms with Crippen molar-refractivity contribution in [3.63, 3.8) is 0 Å². The monoisotopic (exact) mass is 512 g/mol. The number of hydrogen-bond acceptors (Lipinski definition) is 6. The minimum Gasteiger partial charge on any atom is -0.481 e. The van der Waals surface area contributed by atoms with Gasteiger partial charge in [-0.25, -0.2) is 0 Å². The lowest BCUT2D eigenvalue weighted by atomic mass is 9.87. The van der Waals surface area contributed by atoms with Crippen LogP contribution in [0.5, 0.6) is 0 Å². The first kappa shape index (κ1) is 26.1. The fraction of sp³-hybridized carbons (Fsp3) is 0.500. The molecule has 7 nitrogen and oxygen atoms in total. The Kier molecular flexibility index (Phi) is 8.29. The average molecular weight is 513 g/mol. The molecule has 0 bridgehead atoms. The first-order valence-corrected chi connectivity index (χ1v) is 13.0. The predicted molar refractivity (Wildman–Crippen MR) is 136 cm³/mol. The summed E-state index contributed by atoms with van der Waals surface area (Å²) in [7, 11) is 0. The molecule has 1 aliphatic rings. The second-order valence-electron chi connectivity index (χ2n) is 10.3. The Balaban J connectivity index is 1.58. The minimum atomic E-state index is -0.906. The van der Waals surface area contributed by atoms with E-state index in [1.807, 2.05) is 31.2 Å². The standard InChI is InChI=1S/C28H33ClN2O5/c1-16(2)4-10-22-15-24(30-35-22)28-26(18-7-8-18)27(31-36-28)20(9-11-25(33)34)14-21(32)13-19-6-5-17(3)12-23(19)29/h5-6,12,15-16,18,20H,4,7-11,13-14H2,1-3H3,(H,33,34)/t20-/m0/s1. The van der Waals surface area contributed by atoms with E-state index < -0.39 is 5.97 Å². The van der Waals surface area contributed by atoms with Crippen LogP contribution >= 0.6 is 11.6 Å². The number of rotatable bonds is 13. The maximum atomic E-state index is 13.1. The highest BCUT2D eigenvalue weighted by molar-refractivity contribution is 6.31. The Morgan fingerprint density at radius 2 is 1.92 bits per heavy atom. The molecular formula is C28H33ClN2O5. The van der Waals surface area contributed by atoms with Crippen molar-refractivity contribution in [2.75, 3.05) is 0 Å². The zero-order valence-corrected chi connectivity index (χ0v) is 21.8. The second kappa shape index (κ2) is 11.4. The van der Waals surface area contributed by atoms with E-state index in [0.29, 0.717) is 34.5 Å². The van der Waals surface area contributed by atoms with Crippen molar-refractivity contribution >= 4 is 23.4 Å². The summed E-state index contributed by atoms with van der Waals surface area (Å²) in [6, 6.07) is 7.54. The molecule has 3 aromatic rings. The Labute approximate surface area is 216 Å². The number of benzene rings is 1. The zero-order chi connectivity index (χ0) is 25.8. The van der Waals surface area contributed by atoms with Gasteiger partial charge < -0.3 is 14.2 Å². The number of halogens is 1. The molecule has 4 rings (SSSR count). The fourth-order valence-electron chi connectivity index (χ4n) is 4.51. The smallest absolute Gasteiger partial charge is 0.303 e. The number of carboxylic acids is 1. The molecule has 1 fully saturated rings. The van der Waals surface area contributed by atoms with Crippen LogP contribution < -0.4 is 0 Å². The van der Waals surface area contributed by atoms with Crippen molar-refractivity contribution < 1.29 is 23.7 Å². The summed E-state index contributed by atoms with van der Waals surface area (Å²) in [5.41, 5.74) is 4.01. The summed E-state index contributed by atoms with van der Waals surface area (Å²) >= 11 is 6.34. The third-order valence-electron chi connectivity index (χ3n) is 6.66. The predicted octanol–water partition coefficient (Wildman–Crippen LogP) is 6.91. The normalized spacial score (nSPS) is 14.4. The maximum Gasteiger partial charge on any atom is 0.303 e. The van der Waals surface area contributed by atoms with Crippen LogP contribution in [0.1, 0.15) is 92.4 Å². The van der Waals surface area contributed by atoms with Crippen molar-refractivity contribution in [1.29, 1.82) is 0 Å². The lowest BCUT2D eigenvalue weighted by molar-refractivity contribution is -0.137. The van der Waals surface area contributed by atoms with Crippen molar-refractivity contribution in [2.45, 2.75) is 84.0 Å². The van der Waals surface area contributed by atoms with Gasteiger partial charge in [-0.2, -0.15) is 0 Å². The summed E-state index contributed by atoms with van der Waals surface area (Å²) in [4.78, 5) is 24.5. The molecule has 36 heavy (non-hydrogen) atoms. The fourth-order valence-corrected chi connectivity index (χ4v) is 4.81. The van der Waals surface area contributed by atoms with E-state index in [0.717, 1.165) is 48.1 Å². The van der Waals surface area contributed by atoms with Crippen LogP contribution in [0.25, 0.3) is 11.5 Å². The van der Waals surface area contributed by atoms with Gasteiger partial charge in [0.25, 0.3) is 0 Å². The first-order valence-electron chi connectivity index (χ1n) is 12.6. The molecule has 1 aliphatic carbocycles. The van der Waals surface area contributed by atoms with E-state index >= 15 is 0 Å². The summed E-state index contributed by atoms with van der Waals surface area (Å²) in [5.74, 6) is 0.910. The van der Waals surface area contributed by atoms with Crippen LogP contribution in [0, 0.1) is 12.8 Å². The highest BCUT2D eigenvalue weighted by Gasteiger charge is 2.37. The lowest BCUT2D eigenvalue weighted by Gasteiger charge is -2.15.